The Morgan fingerprint density at radius 3 is 2.79 bits per heavy atom. The number of hydrogen-bond donors (Lipinski definition) is 1. The molecule has 2 N–H and O–H groups in total. The fourth-order valence-electron chi connectivity index (χ4n) is 2.17. The van der Waals surface area contributed by atoms with E-state index in [0.717, 1.165) is 6.54 Å². The van der Waals surface area contributed by atoms with Gasteiger partial charge in [0.1, 0.15) is 0 Å². The predicted octanol–water partition coefficient (Wildman–Crippen LogP) is 2.48. The van der Waals surface area contributed by atoms with Gasteiger partial charge in [-0.3, -0.25) is 0 Å². The highest BCUT2D eigenvalue weighted by molar-refractivity contribution is 7.99. The molecule has 0 amide bonds. The summed E-state index contributed by atoms with van der Waals surface area (Å²) in [6.45, 7) is 0.826. The van der Waals surface area contributed by atoms with Crippen LogP contribution in [0.2, 0.25) is 0 Å². The second-order valence-corrected chi connectivity index (χ2v) is 5.03. The van der Waals surface area contributed by atoms with Crippen molar-refractivity contribution in [3.63, 3.8) is 0 Å². The molecule has 0 radical (unpaired) electrons. The number of rotatable bonds is 2. The molecule has 2 atom stereocenters. The summed E-state index contributed by atoms with van der Waals surface area (Å²) in [5.74, 6) is 3.89. The third kappa shape index (κ3) is 2.12. The van der Waals surface area contributed by atoms with E-state index in [9.17, 15) is 0 Å². The van der Waals surface area contributed by atoms with E-state index in [4.69, 9.17) is 5.73 Å². The van der Waals surface area contributed by atoms with Gasteiger partial charge in [-0.15, -0.1) is 0 Å². The fraction of sp³-hybridized carbons (Fsp3) is 0.500. The average Bonchev–Trinajstić information content (AvgIpc) is 2.30. The van der Waals surface area contributed by atoms with Crippen LogP contribution in [0.25, 0.3) is 0 Å². The summed E-state index contributed by atoms with van der Waals surface area (Å²) in [6, 6.07) is 10.8. The molecular formula is C12H17NS. The van der Waals surface area contributed by atoms with E-state index in [0.29, 0.717) is 11.8 Å². The van der Waals surface area contributed by atoms with Crippen LogP contribution >= 0.6 is 11.8 Å². The highest BCUT2D eigenvalue weighted by atomic mass is 32.2. The zero-order valence-electron chi connectivity index (χ0n) is 8.36. The second-order valence-electron chi connectivity index (χ2n) is 3.88. The minimum atomic E-state index is 0.677. The maximum absolute atomic E-state index is 5.82. The largest absolute Gasteiger partial charge is 0.330 e. The Morgan fingerprint density at radius 2 is 2.07 bits per heavy atom. The lowest BCUT2D eigenvalue weighted by molar-refractivity contribution is 0.455. The zero-order chi connectivity index (χ0) is 9.80. The Hall–Kier alpha value is -0.470. The molecule has 76 valence electrons. The third-order valence-corrected chi connectivity index (χ3v) is 4.19. The summed E-state index contributed by atoms with van der Waals surface area (Å²) in [6.07, 6.45) is 1.29. The maximum atomic E-state index is 5.82. The van der Waals surface area contributed by atoms with Gasteiger partial charge in [-0.1, -0.05) is 30.3 Å². The van der Waals surface area contributed by atoms with Gasteiger partial charge in [0.2, 0.25) is 0 Å². The van der Waals surface area contributed by atoms with Gasteiger partial charge < -0.3 is 5.73 Å². The van der Waals surface area contributed by atoms with E-state index >= 15 is 0 Å². The molecule has 1 aromatic rings. The van der Waals surface area contributed by atoms with Gasteiger partial charge in [0, 0.05) is 0 Å². The molecule has 0 bridgehead atoms. The molecule has 1 heterocycles. The molecule has 1 fully saturated rings. The topological polar surface area (TPSA) is 26.0 Å². The van der Waals surface area contributed by atoms with Gasteiger partial charge >= 0.3 is 0 Å². The van der Waals surface area contributed by atoms with Crippen LogP contribution in [0.3, 0.4) is 0 Å². The zero-order valence-corrected chi connectivity index (χ0v) is 9.17. The molecule has 1 nitrogen and oxygen atoms in total. The van der Waals surface area contributed by atoms with Crippen LogP contribution in [-0.4, -0.2) is 18.1 Å². The van der Waals surface area contributed by atoms with Gasteiger partial charge in [-0.05, 0) is 41.9 Å². The molecule has 14 heavy (non-hydrogen) atoms. The van der Waals surface area contributed by atoms with Crippen molar-refractivity contribution in [2.24, 2.45) is 11.7 Å². The Bertz CT molecular complexity index is 273. The molecule has 2 rings (SSSR count). The summed E-state index contributed by atoms with van der Waals surface area (Å²) in [5.41, 5.74) is 7.29. The standard InChI is InChI=1S/C12H17NS/c13-8-11-9-14-7-6-12(11)10-4-2-1-3-5-10/h1-5,11-12H,6-9,13H2. The molecular weight excluding hydrogens is 190 g/mol. The molecule has 0 spiro atoms. The lowest BCUT2D eigenvalue weighted by Crippen LogP contribution is -2.28. The van der Waals surface area contributed by atoms with Crippen molar-refractivity contribution in [2.75, 3.05) is 18.1 Å². The quantitative estimate of drug-likeness (QED) is 0.806. The summed E-state index contributed by atoms with van der Waals surface area (Å²) in [4.78, 5) is 0. The van der Waals surface area contributed by atoms with Gasteiger partial charge in [0.25, 0.3) is 0 Å². The van der Waals surface area contributed by atoms with Crippen molar-refractivity contribution >= 4 is 11.8 Å². The summed E-state index contributed by atoms with van der Waals surface area (Å²) < 4.78 is 0. The van der Waals surface area contributed by atoms with E-state index in [2.05, 4.69) is 30.3 Å². The van der Waals surface area contributed by atoms with Crippen LogP contribution in [0.5, 0.6) is 0 Å². The van der Waals surface area contributed by atoms with Gasteiger partial charge in [0.05, 0.1) is 0 Å². The van der Waals surface area contributed by atoms with Crippen LogP contribution in [0.4, 0.5) is 0 Å². The highest BCUT2D eigenvalue weighted by Crippen LogP contribution is 2.35. The molecule has 1 aliphatic heterocycles. The van der Waals surface area contributed by atoms with Crippen LogP contribution in [0.15, 0.2) is 30.3 Å². The fourth-order valence-corrected chi connectivity index (χ4v) is 3.43. The molecule has 2 heteroatoms. The molecule has 0 saturated carbocycles. The molecule has 1 aromatic carbocycles. The number of nitrogens with two attached hydrogens (primary N) is 1. The number of thioether (sulfide) groups is 1. The van der Waals surface area contributed by atoms with Crippen LogP contribution in [0.1, 0.15) is 17.9 Å². The third-order valence-electron chi connectivity index (χ3n) is 3.00. The average molecular weight is 207 g/mol. The smallest absolute Gasteiger partial charge is 0.00212 e. The van der Waals surface area contributed by atoms with Crippen molar-refractivity contribution in [1.29, 1.82) is 0 Å². The highest BCUT2D eigenvalue weighted by Gasteiger charge is 2.25. The Labute approximate surface area is 90.1 Å². The minimum Gasteiger partial charge on any atom is -0.330 e. The molecule has 1 saturated heterocycles. The lowest BCUT2D eigenvalue weighted by Gasteiger charge is -2.30. The van der Waals surface area contributed by atoms with Crippen LogP contribution < -0.4 is 5.73 Å². The van der Waals surface area contributed by atoms with Crippen molar-refractivity contribution in [1.82, 2.24) is 0 Å². The Kier molecular flexibility index (Phi) is 3.49. The van der Waals surface area contributed by atoms with E-state index in [1.54, 1.807) is 0 Å². The van der Waals surface area contributed by atoms with Crippen molar-refractivity contribution < 1.29 is 0 Å². The number of benzene rings is 1. The van der Waals surface area contributed by atoms with Crippen molar-refractivity contribution in [3.8, 4) is 0 Å². The second kappa shape index (κ2) is 4.85. The number of hydrogen-bond acceptors (Lipinski definition) is 2. The first-order valence-corrected chi connectivity index (χ1v) is 6.40. The monoisotopic (exact) mass is 207 g/mol. The maximum Gasteiger partial charge on any atom is -0.00212 e. The molecule has 2 unspecified atom stereocenters. The first kappa shape index (κ1) is 10.1. The van der Waals surface area contributed by atoms with E-state index < -0.39 is 0 Å². The van der Waals surface area contributed by atoms with Crippen LogP contribution in [-0.2, 0) is 0 Å². The normalized spacial score (nSPS) is 27.5. The summed E-state index contributed by atoms with van der Waals surface area (Å²) in [7, 11) is 0. The van der Waals surface area contributed by atoms with Gasteiger partial charge in [-0.25, -0.2) is 0 Å². The SMILES string of the molecule is NCC1CSCCC1c1ccccc1. The molecule has 1 aliphatic rings. The first-order chi connectivity index (χ1) is 6.92. The predicted molar refractivity (Wildman–Crippen MR) is 63.7 cm³/mol. The summed E-state index contributed by atoms with van der Waals surface area (Å²) in [5, 5.41) is 0. The van der Waals surface area contributed by atoms with Crippen LogP contribution in [0, 0.1) is 5.92 Å². The minimum absolute atomic E-state index is 0.677. The van der Waals surface area contributed by atoms with Gasteiger partial charge in [-0.2, -0.15) is 11.8 Å². The first-order valence-electron chi connectivity index (χ1n) is 5.24. The van der Waals surface area contributed by atoms with E-state index in [1.807, 2.05) is 11.8 Å². The molecule has 0 aromatic heterocycles. The van der Waals surface area contributed by atoms with Crippen molar-refractivity contribution in [2.45, 2.75) is 12.3 Å². The lowest BCUT2D eigenvalue weighted by atomic mass is 9.85. The van der Waals surface area contributed by atoms with Crippen molar-refractivity contribution in [3.05, 3.63) is 35.9 Å². The van der Waals surface area contributed by atoms with E-state index in [-0.39, 0.29) is 0 Å². The Balaban J connectivity index is 2.15. The van der Waals surface area contributed by atoms with Gasteiger partial charge in [0.15, 0.2) is 0 Å². The summed E-state index contributed by atoms with van der Waals surface area (Å²) >= 11 is 2.05. The van der Waals surface area contributed by atoms with E-state index in [1.165, 1.54) is 23.5 Å². The Morgan fingerprint density at radius 1 is 1.29 bits per heavy atom. The molecule has 0 aliphatic carbocycles.